The van der Waals surface area contributed by atoms with Crippen LogP contribution < -0.4 is 9.47 Å². The first-order valence-electron chi connectivity index (χ1n) is 7.49. The SMILES string of the molecule is CCC1OCCC1C(O)c1ccc2c(c1)OCCCO2. The number of hydrogen-bond donors (Lipinski definition) is 1. The summed E-state index contributed by atoms with van der Waals surface area (Å²) >= 11 is 0. The molecule has 3 rings (SSSR count). The van der Waals surface area contributed by atoms with Crippen molar-refractivity contribution in [2.45, 2.75) is 38.4 Å². The number of hydrogen-bond acceptors (Lipinski definition) is 4. The summed E-state index contributed by atoms with van der Waals surface area (Å²) in [4.78, 5) is 0. The second-order valence-electron chi connectivity index (χ2n) is 5.47. The molecule has 0 amide bonds. The van der Waals surface area contributed by atoms with Gasteiger partial charge in [-0.15, -0.1) is 0 Å². The Morgan fingerprint density at radius 2 is 2.00 bits per heavy atom. The van der Waals surface area contributed by atoms with Gasteiger partial charge in [-0.1, -0.05) is 13.0 Å². The van der Waals surface area contributed by atoms with E-state index in [0.717, 1.165) is 42.9 Å². The molecule has 0 radical (unpaired) electrons. The quantitative estimate of drug-likeness (QED) is 0.923. The molecule has 2 heterocycles. The van der Waals surface area contributed by atoms with E-state index in [-0.39, 0.29) is 12.0 Å². The molecule has 1 aromatic carbocycles. The van der Waals surface area contributed by atoms with Crippen molar-refractivity contribution in [1.29, 1.82) is 0 Å². The largest absolute Gasteiger partial charge is 0.490 e. The number of aliphatic hydroxyl groups excluding tert-OH is 1. The first kappa shape index (κ1) is 13.7. The standard InChI is InChI=1S/C16H22O4/c1-2-13-12(6-9-20-13)16(17)11-4-5-14-15(10-11)19-8-3-7-18-14/h4-5,10,12-13,16-17H,2-3,6-9H2,1H3. The molecule has 110 valence electrons. The van der Waals surface area contributed by atoms with E-state index < -0.39 is 6.10 Å². The maximum atomic E-state index is 10.6. The van der Waals surface area contributed by atoms with Crippen molar-refractivity contribution in [3.05, 3.63) is 23.8 Å². The van der Waals surface area contributed by atoms with E-state index in [9.17, 15) is 5.11 Å². The molecular formula is C16H22O4. The van der Waals surface area contributed by atoms with Crippen LogP contribution in [0.2, 0.25) is 0 Å². The fourth-order valence-electron chi connectivity index (χ4n) is 3.06. The van der Waals surface area contributed by atoms with Crippen molar-refractivity contribution in [2.75, 3.05) is 19.8 Å². The predicted molar refractivity (Wildman–Crippen MR) is 75.1 cm³/mol. The first-order valence-corrected chi connectivity index (χ1v) is 7.49. The molecule has 4 nitrogen and oxygen atoms in total. The Bertz CT molecular complexity index is 460. The molecule has 0 saturated carbocycles. The summed E-state index contributed by atoms with van der Waals surface area (Å²) in [5, 5.41) is 10.6. The highest BCUT2D eigenvalue weighted by Crippen LogP contribution is 2.38. The van der Waals surface area contributed by atoms with E-state index in [2.05, 4.69) is 6.92 Å². The Morgan fingerprint density at radius 1 is 1.20 bits per heavy atom. The lowest BCUT2D eigenvalue weighted by Crippen LogP contribution is -2.22. The van der Waals surface area contributed by atoms with Gasteiger partial charge in [-0.25, -0.2) is 0 Å². The van der Waals surface area contributed by atoms with Gasteiger partial charge in [-0.05, 0) is 30.5 Å². The van der Waals surface area contributed by atoms with Gasteiger partial charge < -0.3 is 19.3 Å². The van der Waals surface area contributed by atoms with Crippen LogP contribution in [0.1, 0.15) is 37.9 Å². The zero-order chi connectivity index (χ0) is 13.9. The van der Waals surface area contributed by atoms with Gasteiger partial charge in [0, 0.05) is 18.9 Å². The monoisotopic (exact) mass is 278 g/mol. The minimum Gasteiger partial charge on any atom is -0.490 e. The van der Waals surface area contributed by atoms with Gasteiger partial charge >= 0.3 is 0 Å². The van der Waals surface area contributed by atoms with E-state index in [1.54, 1.807) is 0 Å². The molecule has 0 bridgehead atoms. The van der Waals surface area contributed by atoms with Gasteiger partial charge in [0.2, 0.25) is 0 Å². The van der Waals surface area contributed by atoms with E-state index >= 15 is 0 Å². The second kappa shape index (κ2) is 6.02. The third-order valence-electron chi connectivity index (χ3n) is 4.18. The Morgan fingerprint density at radius 3 is 2.80 bits per heavy atom. The van der Waals surface area contributed by atoms with Crippen molar-refractivity contribution >= 4 is 0 Å². The molecule has 0 spiro atoms. The van der Waals surface area contributed by atoms with E-state index in [1.165, 1.54) is 0 Å². The van der Waals surface area contributed by atoms with Crippen molar-refractivity contribution in [2.24, 2.45) is 5.92 Å². The molecule has 1 N–H and O–H groups in total. The molecule has 3 unspecified atom stereocenters. The normalized spacial score (nSPS) is 27.1. The molecule has 20 heavy (non-hydrogen) atoms. The summed E-state index contributed by atoms with van der Waals surface area (Å²) in [7, 11) is 0. The molecule has 2 aliphatic rings. The van der Waals surface area contributed by atoms with Gasteiger partial charge in [0.25, 0.3) is 0 Å². The van der Waals surface area contributed by atoms with Crippen molar-refractivity contribution in [1.82, 2.24) is 0 Å². The molecule has 4 heteroatoms. The van der Waals surface area contributed by atoms with E-state index in [1.807, 2.05) is 18.2 Å². The highest BCUT2D eigenvalue weighted by molar-refractivity contribution is 5.44. The number of ether oxygens (including phenoxy) is 3. The maximum absolute atomic E-state index is 10.6. The van der Waals surface area contributed by atoms with Crippen LogP contribution in [0, 0.1) is 5.92 Å². The highest BCUT2D eigenvalue weighted by Gasteiger charge is 2.33. The smallest absolute Gasteiger partial charge is 0.161 e. The molecule has 0 aromatic heterocycles. The third-order valence-corrected chi connectivity index (χ3v) is 4.18. The van der Waals surface area contributed by atoms with Crippen LogP contribution in [-0.4, -0.2) is 31.0 Å². The van der Waals surface area contributed by atoms with Crippen molar-refractivity contribution in [3.8, 4) is 11.5 Å². The summed E-state index contributed by atoms with van der Waals surface area (Å²) < 4.78 is 17.0. The Labute approximate surface area is 119 Å². The van der Waals surface area contributed by atoms with Gasteiger partial charge in [0.1, 0.15) is 0 Å². The highest BCUT2D eigenvalue weighted by atomic mass is 16.5. The summed E-state index contributed by atoms with van der Waals surface area (Å²) in [5.41, 5.74) is 0.892. The van der Waals surface area contributed by atoms with E-state index in [4.69, 9.17) is 14.2 Å². The first-order chi connectivity index (χ1) is 9.79. The second-order valence-corrected chi connectivity index (χ2v) is 5.47. The minimum absolute atomic E-state index is 0.154. The fraction of sp³-hybridized carbons (Fsp3) is 0.625. The van der Waals surface area contributed by atoms with Gasteiger partial charge in [-0.3, -0.25) is 0 Å². The van der Waals surface area contributed by atoms with Gasteiger partial charge in [0.05, 0.1) is 25.4 Å². The Kier molecular flexibility index (Phi) is 4.13. The summed E-state index contributed by atoms with van der Waals surface area (Å²) in [6.07, 6.45) is 2.39. The summed E-state index contributed by atoms with van der Waals surface area (Å²) in [5.74, 6) is 1.68. The lowest BCUT2D eigenvalue weighted by atomic mass is 9.89. The Balaban J connectivity index is 1.81. The minimum atomic E-state index is -0.500. The van der Waals surface area contributed by atoms with Crippen LogP contribution in [-0.2, 0) is 4.74 Å². The summed E-state index contributed by atoms with van der Waals surface area (Å²) in [6, 6.07) is 5.75. The van der Waals surface area contributed by atoms with Crippen LogP contribution in [0.25, 0.3) is 0 Å². The molecule has 1 fully saturated rings. The molecular weight excluding hydrogens is 256 g/mol. The van der Waals surface area contributed by atoms with Crippen molar-refractivity contribution < 1.29 is 19.3 Å². The molecule has 2 aliphatic heterocycles. The van der Waals surface area contributed by atoms with Gasteiger partial charge in [-0.2, -0.15) is 0 Å². The topological polar surface area (TPSA) is 47.9 Å². The van der Waals surface area contributed by atoms with Crippen LogP contribution >= 0.6 is 0 Å². The zero-order valence-corrected chi connectivity index (χ0v) is 11.9. The maximum Gasteiger partial charge on any atom is 0.161 e. The Hall–Kier alpha value is -1.26. The molecule has 1 aromatic rings. The fourth-order valence-corrected chi connectivity index (χ4v) is 3.06. The average molecular weight is 278 g/mol. The molecule has 1 saturated heterocycles. The van der Waals surface area contributed by atoms with Crippen LogP contribution in [0.4, 0.5) is 0 Å². The van der Waals surface area contributed by atoms with E-state index in [0.29, 0.717) is 13.2 Å². The molecule has 0 aliphatic carbocycles. The third kappa shape index (κ3) is 2.63. The van der Waals surface area contributed by atoms with Crippen molar-refractivity contribution in [3.63, 3.8) is 0 Å². The summed E-state index contributed by atoms with van der Waals surface area (Å²) in [6.45, 7) is 4.19. The zero-order valence-electron chi connectivity index (χ0n) is 11.9. The number of aliphatic hydroxyl groups is 1. The predicted octanol–water partition coefficient (Wildman–Crippen LogP) is 2.70. The van der Waals surface area contributed by atoms with Crippen LogP contribution in [0.15, 0.2) is 18.2 Å². The average Bonchev–Trinajstić information content (AvgIpc) is 2.83. The number of benzene rings is 1. The number of rotatable bonds is 3. The van der Waals surface area contributed by atoms with Crippen LogP contribution in [0.3, 0.4) is 0 Å². The lowest BCUT2D eigenvalue weighted by Gasteiger charge is -2.23. The van der Waals surface area contributed by atoms with Gasteiger partial charge in [0.15, 0.2) is 11.5 Å². The number of fused-ring (bicyclic) bond motifs is 1. The molecule has 3 atom stereocenters. The lowest BCUT2D eigenvalue weighted by molar-refractivity contribution is 0.0306. The van der Waals surface area contributed by atoms with Crippen LogP contribution in [0.5, 0.6) is 11.5 Å².